The van der Waals surface area contributed by atoms with Crippen LogP contribution in [-0.4, -0.2) is 11.0 Å². The Kier molecular flexibility index (Phi) is 5.60. The second-order valence-electron chi connectivity index (χ2n) is 3.78. The van der Waals surface area contributed by atoms with Gasteiger partial charge < -0.3 is 10.6 Å². The first-order valence-corrected chi connectivity index (χ1v) is 5.77. The number of pyridine rings is 1. The third-order valence-corrected chi connectivity index (χ3v) is 2.76. The minimum absolute atomic E-state index is 0. The number of benzene rings is 1. The standard InChI is InChI=1S/C13H12ClN3O.ClH/c1-9-4-5-10(7-12(9)14)16-13(18)17-11-3-2-6-15-8-11;/h2-8H,1H3,(H2,16,17,18);1H. The van der Waals surface area contributed by atoms with Crippen molar-refractivity contribution in [3.8, 4) is 0 Å². The molecule has 1 heterocycles. The Morgan fingerprint density at radius 1 is 1.21 bits per heavy atom. The highest BCUT2D eigenvalue weighted by molar-refractivity contribution is 6.31. The lowest BCUT2D eigenvalue weighted by molar-refractivity contribution is 0.262. The quantitative estimate of drug-likeness (QED) is 0.876. The topological polar surface area (TPSA) is 54.0 Å². The molecular weight excluding hydrogens is 285 g/mol. The lowest BCUT2D eigenvalue weighted by Crippen LogP contribution is -2.19. The number of anilines is 2. The zero-order chi connectivity index (χ0) is 13.0. The van der Waals surface area contributed by atoms with Crippen LogP contribution in [0.2, 0.25) is 5.02 Å². The van der Waals surface area contributed by atoms with Gasteiger partial charge in [0.05, 0.1) is 11.9 Å². The molecule has 1 aromatic heterocycles. The molecule has 2 aromatic rings. The van der Waals surface area contributed by atoms with Gasteiger partial charge in [-0.15, -0.1) is 12.4 Å². The molecule has 0 spiro atoms. The molecule has 0 aliphatic heterocycles. The van der Waals surface area contributed by atoms with E-state index in [1.807, 2.05) is 13.0 Å². The number of hydrogen-bond donors (Lipinski definition) is 2. The summed E-state index contributed by atoms with van der Waals surface area (Å²) in [5.74, 6) is 0. The second kappa shape index (κ2) is 6.97. The summed E-state index contributed by atoms with van der Waals surface area (Å²) < 4.78 is 0. The number of aromatic nitrogens is 1. The molecule has 0 unspecified atom stereocenters. The largest absolute Gasteiger partial charge is 0.323 e. The van der Waals surface area contributed by atoms with Crippen molar-refractivity contribution in [2.45, 2.75) is 6.92 Å². The Morgan fingerprint density at radius 3 is 2.58 bits per heavy atom. The zero-order valence-corrected chi connectivity index (χ0v) is 11.8. The van der Waals surface area contributed by atoms with Gasteiger partial charge in [-0.3, -0.25) is 4.98 Å². The summed E-state index contributed by atoms with van der Waals surface area (Å²) in [5, 5.41) is 5.98. The van der Waals surface area contributed by atoms with Crippen LogP contribution < -0.4 is 10.6 Å². The number of amides is 2. The molecule has 100 valence electrons. The first kappa shape index (κ1) is 15.3. The molecule has 2 N–H and O–H groups in total. The molecule has 6 heteroatoms. The normalized spacial score (nSPS) is 9.37. The Labute approximate surface area is 122 Å². The predicted octanol–water partition coefficient (Wildman–Crippen LogP) is 4.11. The molecule has 0 saturated heterocycles. The van der Waals surface area contributed by atoms with Crippen LogP contribution in [-0.2, 0) is 0 Å². The van der Waals surface area contributed by atoms with Crippen molar-refractivity contribution in [2.24, 2.45) is 0 Å². The molecule has 0 aliphatic rings. The van der Waals surface area contributed by atoms with Crippen LogP contribution in [0.3, 0.4) is 0 Å². The van der Waals surface area contributed by atoms with Gasteiger partial charge in [0.25, 0.3) is 0 Å². The monoisotopic (exact) mass is 297 g/mol. The lowest BCUT2D eigenvalue weighted by atomic mass is 10.2. The maximum absolute atomic E-state index is 11.7. The predicted molar refractivity (Wildman–Crippen MR) is 80.3 cm³/mol. The van der Waals surface area contributed by atoms with Gasteiger partial charge >= 0.3 is 6.03 Å². The van der Waals surface area contributed by atoms with Crippen LogP contribution in [0.4, 0.5) is 16.2 Å². The van der Waals surface area contributed by atoms with E-state index in [4.69, 9.17) is 11.6 Å². The Bertz CT molecular complexity index is 561. The van der Waals surface area contributed by atoms with E-state index in [1.54, 1.807) is 36.7 Å². The van der Waals surface area contributed by atoms with E-state index in [-0.39, 0.29) is 18.4 Å². The average molecular weight is 298 g/mol. The zero-order valence-electron chi connectivity index (χ0n) is 10.2. The SMILES string of the molecule is Cc1ccc(NC(=O)Nc2cccnc2)cc1Cl.Cl. The van der Waals surface area contributed by atoms with Crippen molar-refractivity contribution in [1.82, 2.24) is 4.98 Å². The van der Waals surface area contributed by atoms with Crippen molar-refractivity contribution in [2.75, 3.05) is 10.6 Å². The minimum atomic E-state index is -0.331. The van der Waals surface area contributed by atoms with Gasteiger partial charge in [0, 0.05) is 16.9 Å². The third-order valence-electron chi connectivity index (χ3n) is 2.35. The number of rotatable bonds is 2. The second-order valence-corrected chi connectivity index (χ2v) is 4.19. The van der Waals surface area contributed by atoms with Gasteiger partial charge in [-0.25, -0.2) is 4.79 Å². The number of nitrogens with zero attached hydrogens (tertiary/aromatic N) is 1. The summed E-state index contributed by atoms with van der Waals surface area (Å²) in [7, 11) is 0. The van der Waals surface area contributed by atoms with E-state index in [0.29, 0.717) is 16.4 Å². The van der Waals surface area contributed by atoms with E-state index in [9.17, 15) is 4.79 Å². The molecule has 0 aliphatic carbocycles. The molecule has 1 aromatic carbocycles. The van der Waals surface area contributed by atoms with Crippen LogP contribution in [0.25, 0.3) is 0 Å². The molecule has 4 nitrogen and oxygen atoms in total. The Balaban J connectivity index is 0.00000180. The summed E-state index contributed by atoms with van der Waals surface area (Å²) >= 11 is 5.98. The van der Waals surface area contributed by atoms with Crippen molar-refractivity contribution >= 4 is 41.4 Å². The van der Waals surface area contributed by atoms with Crippen LogP contribution >= 0.6 is 24.0 Å². The number of carbonyl (C=O) groups excluding carboxylic acids is 1. The summed E-state index contributed by atoms with van der Waals surface area (Å²) in [5.41, 5.74) is 2.25. The molecule has 2 amide bonds. The minimum Gasteiger partial charge on any atom is -0.308 e. The molecule has 0 fully saturated rings. The van der Waals surface area contributed by atoms with E-state index >= 15 is 0 Å². The number of hydrogen-bond acceptors (Lipinski definition) is 2. The first-order valence-electron chi connectivity index (χ1n) is 5.39. The van der Waals surface area contributed by atoms with Crippen LogP contribution in [0.5, 0.6) is 0 Å². The van der Waals surface area contributed by atoms with E-state index in [2.05, 4.69) is 15.6 Å². The lowest BCUT2D eigenvalue weighted by Gasteiger charge is -2.08. The molecule has 0 saturated carbocycles. The van der Waals surface area contributed by atoms with Crippen LogP contribution in [0, 0.1) is 6.92 Å². The molecular formula is C13H13Cl2N3O. The Morgan fingerprint density at radius 2 is 1.95 bits per heavy atom. The number of carbonyl (C=O) groups is 1. The third kappa shape index (κ3) is 4.43. The maximum atomic E-state index is 11.7. The van der Waals surface area contributed by atoms with Crippen LogP contribution in [0.1, 0.15) is 5.56 Å². The van der Waals surface area contributed by atoms with Gasteiger partial charge in [0.2, 0.25) is 0 Å². The summed E-state index contributed by atoms with van der Waals surface area (Å²) in [4.78, 5) is 15.6. The summed E-state index contributed by atoms with van der Waals surface area (Å²) in [6.07, 6.45) is 3.21. The number of urea groups is 1. The van der Waals surface area contributed by atoms with Crippen LogP contribution in [0.15, 0.2) is 42.7 Å². The van der Waals surface area contributed by atoms with Crippen molar-refractivity contribution in [1.29, 1.82) is 0 Å². The smallest absolute Gasteiger partial charge is 0.308 e. The fraction of sp³-hybridized carbons (Fsp3) is 0.0769. The van der Waals surface area contributed by atoms with Crippen molar-refractivity contribution in [3.63, 3.8) is 0 Å². The molecule has 2 rings (SSSR count). The number of halogens is 2. The van der Waals surface area contributed by atoms with Gasteiger partial charge in [0.15, 0.2) is 0 Å². The fourth-order valence-corrected chi connectivity index (χ4v) is 1.58. The molecule has 0 bridgehead atoms. The van der Waals surface area contributed by atoms with Gasteiger partial charge in [-0.1, -0.05) is 17.7 Å². The molecule has 19 heavy (non-hydrogen) atoms. The Hall–Kier alpha value is -1.78. The van der Waals surface area contributed by atoms with E-state index < -0.39 is 0 Å². The fourth-order valence-electron chi connectivity index (χ4n) is 1.40. The van der Waals surface area contributed by atoms with E-state index in [0.717, 1.165) is 5.56 Å². The number of nitrogens with one attached hydrogen (secondary N) is 2. The van der Waals surface area contributed by atoms with E-state index in [1.165, 1.54) is 0 Å². The maximum Gasteiger partial charge on any atom is 0.323 e. The summed E-state index contributed by atoms with van der Waals surface area (Å²) in [6.45, 7) is 1.90. The van der Waals surface area contributed by atoms with Crippen molar-refractivity contribution < 1.29 is 4.79 Å². The molecule has 0 atom stereocenters. The first-order chi connectivity index (χ1) is 8.65. The number of aryl methyl sites for hydroxylation is 1. The highest BCUT2D eigenvalue weighted by Crippen LogP contribution is 2.20. The molecule has 0 radical (unpaired) electrons. The van der Waals surface area contributed by atoms with Gasteiger partial charge in [0.1, 0.15) is 0 Å². The van der Waals surface area contributed by atoms with Gasteiger partial charge in [-0.2, -0.15) is 0 Å². The van der Waals surface area contributed by atoms with Gasteiger partial charge in [-0.05, 0) is 36.8 Å². The highest BCUT2D eigenvalue weighted by atomic mass is 35.5. The highest BCUT2D eigenvalue weighted by Gasteiger charge is 2.03. The summed E-state index contributed by atoms with van der Waals surface area (Å²) in [6, 6.07) is 8.53. The average Bonchev–Trinajstić information content (AvgIpc) is 2.35. The van der Waals surface area contributed by atoms with Crippen molar-refractivity contribution in [3.05, 3.63) is 53.3 Å².